The number of fused-ring (bicyclic) bond motifs is 1. The third-order valence-corrected chi connectivity index (χ3v) is 3.48. The van der Waals surface area contributed by atoms with Crippen molar-refractivity contribution >= 4 is 26.8 Å². The summed E-state index contributed by atoms with van der Waals surface area (Å²) < 4.78 is 1.15. The van der Waals surface area contributed by atoms with E-state index in [0.717, 1.165) is 10.4 Å². The van der Waals surface area contributed by atoms with E-state index in [0.29, 0.717) is 0 Å². The highest BCUT2D eigenvalue weighted by molar-refractivity contribution is 9.10. The smallest absolute Gasteiger partial charge is 0.0470 e. The zero-order chi connectivity index (χ0) is 9.71. The van der Waals surface area contributed by atoms with E-state index in [-0.39, 0.29) is 0 Å². The average Bonchev–Trinajstić information content (AvgIpc) is 2.89. The zero-order valence-electron chi connectivity index (χ0n) is 8.10. The van der Waals surface area contributed by atoms with Crippen molar-refractivity contribution in [2.24, 2.45) is 0 Å². The van der Waals surface area contributed by atoms with Crippen molar-refractivity contribution in [3.63, 3.8) is 0 Å². The molecule has 0 radical (unpaired) electrons. The standard InChI is InChI=1S/C12H12BrN/c1-7-12(8-2-3-8)10-5-4-9(13)6-11(10)14-7/h4-6,8,14H,2-3H2,1H3. The van der Waals surface area contributed by atoms with Gasteiger partial charge in [-0.3, -0.25) is 0 Å². The Hall–Kier alpha value is -0.760. The number of rotatable bonds is 1. The third kappa shape index (κ3) is 1.21. The predicted molar refractivity (Wildman–Crippen MR) is 62.7 cm³/mol. The Morgan fingerprint density at radius 3 is 2.86 bits per heavy atom. The van der Waals surface area contributed by atoms with E-state index in [2.05, 4.69) is 46.0 Å². The van der Waals surface area contributed by atoms with Crippen molar-refractivity contribution in [3.05, 3.63) is 33.9 Å². The molecule has 1 saturated carbocycles. The first-order valence-electron chi connectivity index (χ1n) is 5.03. The lowest BCUT2D eigenvalue weighted by Gasteiger charge is -1.96. The molecule has 0 saturated heterocycles. The molecule has 1 nitrogen and oxygen atoms in total. The number of hydrogen-bond acceptors (Lipinski definition) is 0. The number of nitrogens with one attached hydrogen (secondary N) is 1. The molecule has 1 N–H and O–H groups in total. The SMILES string of the molecule is Cc1[nH]c2cc(Br)ccc2c1C1CC1. The first kappa shape index (κ1) is 8.54. The van der Waals surface area contributed by atoms with Crippen LogP contribution < -0.4 is 0 Å². The minimum absolute atomic E-state index is 0.824. The van der Waals surface area contributed by atoms with Gasteiger partial charge in [-0.15, -0.1) is 0 Å². The maximum atomic E-state index is 3.50. The minimum Gasteiger partial charge on any atom is -0.358 e. The van der Waals surface area contributed by atoms with Gasteiger partial charge in [-0.2, -0.15) is 0 Å². The summed E-state index contributed by atoms with van der Waals surface area (Å²) in [6.45, 7) is 2.18. The molecule has 3 rings (SSSR count). The van der Waals surface area contributed by atoms with Gasteiger partial charge in [0.2, 0.25) is 0 Å². The summed E-state index contributed by atoms with van der Waals surface area (Å²) in [5.41, 5.74) is 4.16. The molecule has 0 aliphatic heterocycles. The van der Waals surface area contributed by atoms with Crippen LogP contribution in [0.3, 0.4) is 0 Å². The second-order valence-corrected chi connectivity index (χ2v) is 5.04. The molecule has 1 aromatic carbocycles. The van der Waals surface area contributed by atoms with Crippen LogP contribution in [0.4, 0.5) is 0 Å². The van der Waals surface area contributed by atoms with E-state index >= 15 is 0 Å². The fourth-order valence-corrected chi connectivity index (χ4v) is 2.59. The fraction of sp³-hybridized carbons (Fsp3) is 0.333. The van der Waals surface area contributed by atoms with Gasteiger partial charge in [0.15, 0.2) is 0 Å². The summed E-state index contributed by atoms with van der Waals surface area (Å²) in [7, 11) is 0. The summed E-state index contributed by atoms with van der Waals surface area (Å²) in [5, 5.41) is 1.41. The number of aryl methyl sites for hydroxylation is 1. The molecule has 2 heteroatoms. The number of benzene rings is 1. The lowest BCUT2D eigenvalue weighted by molar-refractivity contribution is 1.10. The molecule has 0 amide bonds. The highest BCUT2D eigenvalue weighted by atomic mass is 79.9. The molecule has 1 heterocycles. The lowest BCUT2D eigenvalue weighted by atomic mass is 10.1. The lowest BCUT2D eigenvalue weighted by Crippen LogP contribution is -1.79. The van der Waals surface area contributed by atoms with Crippen LogP contribution in [-0.4, -0.2) is 4.98 Å². The average molecular weight is 250 g/mol. The highest BCUT2D eigenvalue weighted by Gasteiger charge is 2.27. The van der Waals surface area contributed by atoms with Crippen LogP contribution in [0.2, 0.25) is 0 Å². The summed E-state index contributed by atoms with van der Waals surface area (Å²) in [6, 6.07) is 6.51. The predicted octanol–water partition coefficient (Wildman–Crippen LogP) is 4.12. The van der Waals surface area contributed by atoms with Gasteiger partial charge >= 0.3 is 0 Å². The Labute approximate surface area is 91.6 Å². The van der Waals surface area contributed by atoms with Gasteiger partial charge in [0, 0.05) is 21.1 Å². The van der Waals surface area contributed by atoms with E-state index in [4.69, 9.17) is 0 Å². The van der Waals surface area contributed by atoms with Crippen LogP contribution in [-0.2, 0) is 0 Å². The maximum Gasteiger partial charge on any atom is 0.0470 e. The summed E-state index contributed by atoms with van der Waals surface area (Å²) in [4.78, 5) is 3.46. The first-order chi connectivity index (χ1) is 6.75. The number of aromatic amines is 1. The molecule has 72 valence electrons. The topological polar surface area (TPSA) is 15.8 Å². The zero-order valence-corrected chi connectivity index (χ0v) is 9.69. The van der Waals surface area contributed by atoms with Crippen molar-refractivity contribution in [2.75, 3.05) is 0 Å². The van der Waals surface area contributed by atoms with Gasteiger partial charge in [-0.25, -0.2) is 0 Å². The van der Waals surface area contributed by atoms with Crippen LogP contribution in [0.25, 0.3) is 10.9 Å². The van der Waals surface area contributed by atoms with E-state index in [1.807, 2.05) is 0 Å². The van der Waals surface area contributed by atoms with Crippen LogP contribution in [0, 0.1) is 6.92 Å². The van der Waals surface area contributed by atoms with Crippen LogP contribution in [0.1, 0.15) is 30.0 Å². The van der Waals surface area contributed by atoms with Gasteiger partial charge < -0.3 is 4.98 Å². The van der Waals surface area contributed by atoms with E-state index < -0.39 is 0 Å². The number of H-pyrrole nitrogens is 1. The Bertz CT molecular complexity index is 494. The summed E-state index contributed by atoms with van der Waals surface area (Å²) >= 11 is 3.50. The molecule has 0 bridgehead atoms. The van der Waals surface area contributed by atoms with Crippen molar-refractivity contribution in [2.45, 2.75) is 25.7 Å². The van der Waals surface area contributed by atoms with Gasteiger partial charge in [0.05, 0.1) is 0 Å². The van der Waals surface area contributed by atoms with Crippen molar-refractivity contribution in [1.82, 2.24) is 4.98 Å². The molecule has 2 aromatic rings. The molecular weight excluding hydrogens is 238 g/mol. The quantitative estimate of drug-likeness (QED) is 0.783. The molecular formula is C12H12BrN. The Kier molecular flexibility index (Phi) is 1.75. The highest BCUT2D eigenvalue weighted by Crippen LogP contribution is 2.45. The molecule has 1 aliphatic rings. The normalized spacial score (nSPS) is 16.4. The molecule has 0 atom stereocenters. The first-order valence-corrected chi connectivity index (χ1v) is 5.83. The van der Waals surface area contributed by atoms with Crippen molar-refractivity contribution in [1.29, 1.82) is 0 Å². The van der Waals surface area contributed by atoms with Gasteiger partial charge in [0.25, 0.3) is 0 Å². The number of aromatic nitrogens is 1. The van der Waals surface area contributed by atoms with E-state index in [9.17, 15) is 0 Å². The minimum atomic E-state index is 0.824. The second-order valence-electron chi connectivity index (χ2n) is 4.13. The second kappa shape index (κ2) is 2.86. The van der Waals surface area contributed by atoms with Crippen molar-refractivity contribution < 1.29 is 0 Å². The van der Waals surface area contributed by atoms with Crippen LogP contribution >= 0.6 is 15.9 Å². The van der Waals surface area contributed by atoms with E-state index in [1.54, 1.807) is 5.56 Å². The van der Waals surface area contributed by atoms with Crippen molar-refractivity contribution in [3.8, 4) is 0 Å². The monoisotopic (exact) mass is 249 g/mol. The molecule has 1 fully saturated rings. The van der Waals surface area contributed by atoms with Gasteiger partial charge in [-0.1, -0.05) is 22.0 Å². The Balaban J connectivity index is 2.32. The van der Waals surface area contributed by atoms with Crippen LogP contribution in [0.5, 0.6) is 0 Å². The number of halogens is 1. The summed E-state index contributed by atoms with van der Waals surface area (Å²) in [6.07, 6.45) is 2.73. The van der Waals surface area contributed by atoms with E-state index in [1.165, 1.54) is 29.4 Å². The molecule has 0 unspecified atom stereocenters. The fourth-order valence-electron chi connectivity index (χ4n) is 2.22. The molecule has 14 heavy (non-hydrogen) atoms. The maximum absolute atomic E-state index is 3.50. The molecule has 0 spiro atoms. The Morgan fingerprint density at radius 2 is 2.14 bits per heavy atom. The molecule has 1 aliphatic carbocycles. The van der Waals surface area contributed by atoms with Crippen LogP contribution in [0.15, 0.2) is 22.7 Å². The third-order valence-electron chi connectivity index (χ3n) is 2.98. The largest absolute Gasteiger partial charge is 0.358 e. The Morgan fingerprint density at radius 1 is 1.36 bits per heavy atom. The number of hydrogen-bond donors (Lipinski definition) is 1. The molecule has 1 aromatic heterocycles. The van der Waals surface area contributed by atoms with Gasteiger partial charge in [0.1, 0.15) is 0 Å². The van der Waals surface area contributed by atoms with Gasteiger partial charge in [-0.05, 0) is 43.4 Å². The summed E-state index contributed by atoms with van der Waals surface area (Å²) in [5.74, 6) is 0.824.